The summed E-state index contributed by atoms with van der Waals surface area (Å²) < 4.78 is 26.1. The van der Waals surface area contributed by atoms with Crippen molar-refractivity contribution in [2.45, 2.75) is 62.0 Å². The van der Waals surface area contributed by atoms with Gasteiger partial charge in [-0.15, -0.1) is 0 Å². The standard InChI is InChI=1S/C17H25NO2S/c1-2-11-18-17-15-10-6-3-7-13(15)12-16(17)21(19,20)14-8-4-5-9-14/h3,6-7,10,14,16-18H,2,4-5,8-9,11-12H2,1H3. The summed E-state index contributed by atoms with van der Waals surface area (Å²) in [6, 6.07) is 8.18. The molecule has 2 aliphatic rings. The van der Waals surface area contributed by atoms with Gasteiger partial charge in [-0.2, -0.15) is 0 Å². The second-order valence-corrected chi connectivity index (χ2v) is 8.82. The monoisotopic (exact) mass is 307 g/mol. The number of hydrogen-bond acceptors (Lipinski definition) is 3. The van der Waals surface area contributed by atoms with E-state index in [4.69, 9.17) is 0 Å². The van der Waals surface area contributed by atoms with E-state index in [1.54, 1.807) is 0 Å². The van der Waals surface area contributed by atoms with E-state index in [-0.39, 0.29) is 16.5 Å². The van der Waals surface area contributed by atoms with Crippen LogP contribution in [-0.2, 0) is 16.3 Å². The first-order chi connectivity index (χ1) is 10.1. The van der Waals surface area contributed by atoms with E-state index >= 15 is 0 Å². The van der Waals surface area contributed by atoms with Gasteiger partial charge in [0.1, 0.15) is 0 Å². The number of hydrogen-bond donors (Lipinski definition) is 1. The van der Waals surface area contributed by atoms with Gasteiger partial charge >= 0.3 is 0 Å². The molecule has 0 amide bonds. The van der Waals surface area contributed by atoms with Crippen LogP contribution in [0, 0.1) is 0 Å². The van der Waals surface area contributed by atoms with Gasteiger partial charge in [0.15, 0.2) is 9.84 Å². The normalized spacial score (nSPS) is 26.1. The number of nitrogens with one attached hydrogen (secondary N) is 1. The topological polar surface area (TPSA) is 46.2 Å². The molecule has 0 saturated heterocycles. The second-order valence-electron chi connectivity index (χ2n) is 6.37. The summed E-state index contributed by atoms with van der Waals surface area (Å²) in [5.74, 6) is 0. The number of sulfone groups is 1. The van der Waals surface area contributed by atoms with Crippen molar-refractivity contribution >= 4 is 9.84 Å². The van der Waals surface area contributed by atoms with Gasteiger partial charge in [0.25, 0.3) is 0 Å². The van der Waals surface area contributed by atoms with Crippen LogP contribution in [0.4, 0.5) is 0 Å². The van der Waals surface area contributed by atoms with E-state index in [0.29, 0.717) is 6.42 Å². The zero-order valence-corrected chi connectivity index (χ0v) is 13.5. The molecular formula is C17H25NO2S. The Morgan fingerprint density at radius 2 is 1.90 bits per heavy atom. The molecule has 1 saturated carbocycles. The molecule has 2 aliphatic carbocycles. The molecule has 0 aromatic heterocycles. The van der Waals surface area contributed by atoms with Crippen molar-refractivity contribution in [3.05, 3.63) is 35.4 Å². The van der Waals surface area contributed by atoms with E-state index in [9.17, 15) is 8.42 Å². The van der Waals surface area contributed by atoms with Crippen molar-refractivity contribution in [2.24, 2.45) is 0 Å². The molecule has 21 heavy (non-hydrogen) atoms. The highest BCUT2D eigenvalue weighted by Gasteiger charge is 2.44. The summed E-state index contributed by atoms with van der Waals surface area (Å²) in [6.45, 7) is 2.99. The third-order valence-corrected chi connectivity index (χ3v) is 7.67. The van der Waals surface area contributed by atoms with Gasteiger partial charge in [-0.05, 0) is 43.4 Å². The minimum Gasteiger partial charge on any atom is -0.309 e. The highest BCUT2D eigenvalue weighted by atomic mass is 32.2. The maximum Gasteiger partial charge on any atom is 0.158 e. The summed E-state index contributed by atoms with van der Waals surface area (Å²) in [5, 5.41) is 3.11. The van der Waals surface area contributed by atoms with Crippen molar-refractivity contribution in [1.82, 2.24) is 5.32 Å². The number of rotatable bonds is 5. The van der Waals surface area contributed by atoms with E-state index in [1.165, 1.54) is 11.1 Å². The van der Waals surface area contributed by atoms with Gasteiger partial charge in [0.05, 0.1) is 10.5 Å². The Balaban J connectivity index is 1.90. The highest BCUT2D eigenvalue weighted by molar-refractivity contribution is 7.92. The van der Waals surface area contributed by atoms with Crippen LogP contribution in [0.25, 0.3) is 0 Å². The van der Waals surface area contributed by atoms with Crippen LogP contribution in [0.2, 0.25) is 0 Å². The summed E-state index contributed by atoms with van der Waals surface area (Å²) in [5.41, 5.74) is 2.40. The van der Waals surface area contributed by atoms with Crippen LogP contribution in [-0.4, -0.2) is 25.5 Å². The molecule has 0 heterocycles. The van der Waals surface area contributed by atoms with E-state index in [2.05, 4.69) is 24.4 Å². The Bertz CT molecular complexity index is 591. The van der Waals surface area contributed by atoms with Gasteiger partial charge in [-0.25, -0.2) is 8.42 Å². The summed E-state index contributed by atoms with van der Waals surface area (Å²) in [4.78, 5) is 0. The first-order valence-corrected chi connectivity index (χ1v) is 9.79. The lowest BCUT2D eigenvalue weighted by Crippen LogP contribution is -2.39. The molecular weight excluding hydrogens is 282 g/mol. The molecule has 116 valence electrons. The molecule has 3 nitrogen and oxygen atoms in total. The molecule has 1 aromatic rings. The van der Waals surface area contributed by atoms with Crippen LogP contribution in [0.5, 0.6) is 0 Å². The van der Waals surface area contributed by atoms with Crippen LogP contribution in [0.1, 0.15) is 56.2 Å². The zero-order chi connectivity index (χ0) is 14.9. The third-order valence-electron chi connectivity index (χ3n) is 4.99. The van der Waals surface area contributed by atoms with Gasteiger partial charge in [-0.3, -0.25) is 0 Å². The van der Waals surface area contributed by atoms with Crippen LogP contribution < -0.4 is 5.32 Å². The van der Waals surface area contributed by atoms with Gasteiger partial charge in [0, 0.05) is 6.04 Å². The molecule has 0 bridgehead atoms. The van der Waals surface area contributed by atoms with Gasteiger partial charge in [-0.1, -0.05) is 44.0 Å². The fourth-order valence-corrected chi connectivity index (χ4v) is 6.39. The highest BCUT2D eigenvalue weighted by Crippen LogP contribution is 2.39. The summed E-state index contributed by atoms with van der Waals surface area (Å²) in [7, 11) is -3.05. The molecule has 3 rings (SSSR count). The minimum atomic E-state index is -3.05. The third kappa shape index (κ3) is 2.76. The molecule has 2 atom stereocenters. The van der Waals surface area contributed by atoms with Gasteiger partial charge < -0.3 is 5.32 Å². The summed E-state index contributed by atoms with van der Waals surface area (Å²) >= 11 is 0. The molecule has 0 radical (unpaired) electrons. The lowest BCUT2D eigenvalue weighted by atomic mass is 10.1. The quantitative estimate of drug-likeness (QED) is 0.909. The predicted molar refractivity (Wildman–Crippen MR) is 86.1 cm³/mol. The van der Waals surface area contributed by atoms with Gasteiger partial charge in [0.2, 0.25) is 0 Å². The smallest absolute Gasteiger partial charge is 0.158 e. The number of benzene rings is 1. The van der Waals surface area contributed by atoms with Crippen LogP contribution >= 0.6 is 0 Å². The Hall–Kier alpha value is -0.870. The molecule has 2 unspecified atom stereocenters. The average Bonchev–Trinajstić information content (AvgIpc) is 3.13. The first kappa shape index (κ1) is 15.0. The summed E-state index contributed by atoms with van der Waals surface area (Å²) in [6.07, 6.45) is 5.55. The Labute approximate surface area is 128 Å². The first-order valence-electron chi connectivity index (χ1n) is 8.18. The van der Waals surface area contributed by atoms with E-state index < -0.39 is 9.84 Å². The lowest BCUT2D eigenvalue weighted by Gasteiger charge is -2.25. The molecule has 0 aliphatic heterocycles. The zero-order valence-electron chi connectivity index (χ0n) is 12.7. The van der Waals surface area contributed by atoms with Crippen molar-refractivity contribution in [3.8, 4) is 0 Å². The SMILES string of the molecule is CCCNC1c2ccccc2CC1S(=O)(=O)C1CCCC1. The largest absolute Gasteiger partial charge is 0.309 e. The molecule has 1 N–H and O–H groups in total. The number of fused-ring (bicyclic) bond motifs is 1. The fraction of sp³-hybridized carbons (Fsp3) is 0.647. The lowest BCUT2D eigenvalue weighted by molar-refractivity contribution is 0.498. The van der Waals surface area contributed by atoms with E-state index in [0.717, 1.165) is 38.6 Å². The predicted octanol–water partition coefficient (Wildman–Crippen LogP) is 3.01. The molecule has 4 heteroatoms. The van der Waals surface area contributed by atoms with Crippen molar-refractivity contribution in [3.63, 3.8) is 0 Å². The van der Waals surface area contributed by atoms with Crippen LogP contribution in [0.15, 0.2) is 24.3 Å². The van der Waals surface area contributed by atoms with Crippen LogP contribution in [0.3, 0.4) is 0 Å². The molecule has 1 fully saturated rings. The fourth-order valence-electron chi connectivity index (χ4n) is 3.87. The molecule has 0 spiro atoms. The van der Waals surface area contributed by atoms with Crippen molar-refractivity contribution in [2.75, 3.05) is 6.54 Å². The van der Waals surface area contributed by atoms with Crippen molar-refractivity contribution < 1.29 is 8.42 Å². The Morgan fingerprint density at radius 3 is 2.62 bits per heavy atom. The van der Waals surface area contributed by atoms with Crippen molar-refractivity contribution in [1.29, 1.82) is 0 Å². The Morgan fingerprint density at radius 1 is 1.19 bits per heavy atom. The maximum absolute atomic E-state index is 13.0. The Kier molecular flexibility index (Phi) is 4.36. The minimum absolute atomic E-state index is 0.0215. The molecule has 1 aromatic carbocycles. The average molecular weight is 307 g/mol. The second kappa shape index (κ2) is 6.09. The van der Waals surface area contributed by atoms with E-state index in [1.807, 2.05) is 12.1 Å². The maximum atomic E-state index is 13.0.